The molecule has 7 heteroatoms. The van der Waals surface area contributed by atoms with Crippen molar-refractivity contribution in [3.05, 3.63) is 65.2 Å². The first-order chi connectivity index (χ1) is 12.7. The van der Waals surface area contributed by atoms with E-state index in [0.717, 1.165) is 35.5 Å². The first kappa shape index (κ1) is 18.9. The molecule has 0 aliphatic carbocycles. The highest BCUT2D eigenvalue weighted by Crippen LogP contribution is 2.29. The molecular formula is C20H19F3N2O2. The molecule has 1 atom stereocenters. The van der Waals surface area contributed by atoms with E-state index in [1.165, 1.54) is 4.90 Å². The summed E-state index contributed by atoms with van der Waals surface area (Å²) < 4.78 is 38.0. The van der Waals surface area contributed by atoms with Gasteiger partial charge in [0.1, 0.15) is 6.54 Å². The predicted octanol–water partition coefficient (Wildman–Crippen LogP) is 3.89. The van der Waals surface area contributed by atoms with Crippen LogP contribution in [0.1, 0.15) is 28.4 Å². The lowest BCUT2D eigenvalue weighted by molar-refractivity contribution is -0.137. The fourth-order valence-electron chi connectivity index (χ4n) is 3.07. The molecule has 3 rings (SSSR count). The van der Waals surface area contributed by atoms with Crippen molar-refractivity contribution in [2.75, 3.05) is 18.0 Å². The van der Waals surface area contributed by atoms with Gasteiger partial charge >= 0.3 is 6.18 Å². The van der Waals surface area contributed by atoms with E-state index in [2.05, 4.69) is 0 Å². The summed E-state index contributed by atoms with van der Waals surface area (Å²) in [7, 11) is 0. The summed E-state index contributed by atoms with van der Waals surface area (Å²) in [5.74, 6) is -0.676. The number of alkyl halides is 3. The van der Waals surface area contributed by atoms with E-state index in [9.17, 15) is 22.8 Å². The molecule has 1 fully saturated rings. The van der Waals surface area contributed by atoms with Crippen LogP contribution in [0.3, 0.4) is 0 Å². The van der Waals surface area contributed by atoms with E-state index in [4.69, 9.17) is 0 Å². The first-order valence-electron chi connectivity index (χ1n) is 8.52. The quantitative estimate of drug-likeness (QED) is 0.798. The van der Waals surface area contributed by atoms with Crippen molar-refractivity contribution in [2.24, 2.45) is 0 Å². The number of carbonyl (C=O) groups excluding carboxylic acids is 2. The van der Waals surface area contributed by atoms with Crippen LogP contribution >= 0.6 is 0 Å². The summed E-state index contributed by atoms with van der Waals surface area (Å²) in [5, 5.41) is 0. The number of rotatable bonds is 2. The van der Waals surface area contributed by atoms with Gasteiger partial charge in [0.2, 0.25) is 5.91 Å². The number of amides is 2. The number of hydrogen-bond donors (Lipinski definition) is 0. The maximum Gasteiger partial charge on any atom is 0.416 e. The first-order valence-corrected chi connectivity index (χ1v) is 8.52. The molecule has 27 heavy (non-hydrogen) atoms. The van der Waals surface area contributed by atoms with E-state index in [0.29, 0.717) is 6.54 Å². The zero-order valence-electron chi connectivity index (χ0n) is 15.0. The Kier molecular flexibility index (Phi) is 4.95. The van der Waals surface area contributed by atoms with E-state index in [1.54, 1.807) is 4.90 Å². The maximum atomic E-state index is 12.7. The van der Waals surface area contributed by atoms with Crippen LogP contribution in [-0.2, 0) is 11.0 Å². The minimum Gasteiger partial charge on any atom is -0.325 e. The molecule has 4 nitrogen and oxygen atoms in total. The molecule has 0 N–H and O–H groups in total. The van der Waals surface area contributed by atoms with Crippen molar-refractivity contribution in [1.82, 2.24) is 4.90 Å². The Hall–Kier alpha value is -2.83. The summed E-state index contributed by atoms with van der Waals surface area (Å²) in [4.78, 5) is 28.2. The number of halogens is 3. The highest BCUT2D eigenvalue weighted by atomic mass is 19.4. The number of carbonyl (C=O) groups is 2. The zero-order valence-corrected chi connectivity index (χ0v) is 15.0. The number of piperazine rings is 1. The maximum absolute atomic E-state index is 12.7. The van der Waals surface area contributed by atoms with Crippen molar-refractivity contribution < 1.29 is 22.8 Å². The molecule has 1 aliphatic rings. The van der Waals surface area contributed by atoms with Crippen LogP contribution in [0, 0.1) is 6.92 Å². The molecule has 0 saturated carbocycles. The monoisotopic (exact) mass is 376 g/mol. The lowest BCUT2D eigenvalue weighted by Crippen LogP contribution is -2.57. The number of anilines is 1. The Balaban J connectivity index is 1.76. The van der Waals surface area contributed by atoms with Crippen molar-refractivity contribution in [2.45, 2.75) is 26.1 Å². The largest absolute Gasteiger partial charge is 0.416 e. The third-order valence-electron chi connectivity index (χ3n) is 4.65. The van der Waals surface area contributed by atoms with Gasteiger partial charge < -0.3 is 9.80 Å². The van der Waals surface area contributed by atoms with Crippen molar-refractivity contribution in [3.8, 4) is 0 Å². The highest BCUT2D eigenvalue weighted by Gasteiger charge is 2.34. The topological polar surface area (TPSA) is 40.6 Å². The van der Waals surface area contributed by atoms with Gasteiger partial charge in [-0.2, -0.15) is 13.2 Å². The number of nitrogens with zero attached hydrogens (tertiary/aromatic N) is 2. The molecule has 0 radical (unpaired) electrons. The second-order valence-corrected chi connectivity index (χ2v) is 6.70. The minimum atomic E-state index is -4.45. The molecule has 0 bridgehead atoms. The average Bonchev–Trinajstić information content (AvgIpc) is 2.63. The Morgan fingerprint density at radius 3 is 2.19 bits per heavy atom. The molecule has 0 unspecified atom stereocenters. The fourth-order valence-corrected chi connectivity index (χ4v) is 3.07. The molecule has 142 valence electrons. The third kappa shape index (κ3) is 3.97. The van der Waals surface area contributed by atoms with Gasteiger partial charge in [-0.25, -0.2) is 0 Å². The van der Waals surface area contributed by atoms with Gasteiger partial charge in [-0.05, 0) is 50.2 Å². The van der Waals surface area contributed by atoms with Gasteiger partial charge in [-0.15, -0.1) is 0 Å². The second-order valence-electron chi connectivity index (χ2n) is 6.70. The minimum absolute atomic E-state index is 0.116. The van der Waals surface area contributed by atoms with Gasteiger partial charge in [0.25, 0.3) is 5.91 Å². The van der Waals surface area contributed by atoms with Crippen molar-refractivity contribution in [3.63, 3.8) is 0 Å². The van der Waals surface area contributed by atoms with Crippen LogP contribution in [0.2, 0.25) is 0 Å². The smallest absolute Gasteiger partial charge is 0.325 e. The van der Waals surface area contributed by atoms with E-state index in [-0.39, 0.29) is 24.1 Å². The van der Waals surface area contributed by atoms with Gasteiger partial charge in [0, 0.05) is 23.8 Å². The van der Waals surface area contributed by atoms with E-state index < -0.39 is 17.6 Å². The van der Waals surface area contributed by atoms with Crippen LogP contribution in [0.25, 0.3) is 0 Å². The van der Waals surface area contributed by atoms with Gasteiger partial charge in [-0.3, -0.25) is 9.59 Å². The molecule has 2 amide bonds. The number of benzene rings is 2. The Labute approximate surface area is 155 Å². The average molecular weight is 376 g/mol. The summed E-state index contributed by atoms with van der Waals surface area (Å²) >= 11 is 0. The zero-order chi connectivity index (χ0) is 19.8. The summed E-state index contributed by atoms with van der Waals surface area (Å²) in [6.07, 6.45) is -4.45. The van der Waals surface area contributed by atoms with Crippen LogP contribution in [0.15, 0.2) is 48.5 Å². The standard InChI is InChI=1S/C20H19F3N2O2/c1-13-3-9-17(10-4-13)25-11-14(2)24(12-18(25)26)19(27)15-5-7-16(8-6-15)20(21,22)23/h3-10,14H,11-12H2,1-2H3/t14-/m0/s1. The molecule has 1 heterocycles. The normalized spacial score (nSPS) is 18.0. The Bertz CT molecular complexity index is 845. The predicted molar refractivity (Wildman–Crippen MR) is 95.5 cm³/mol. The lowest BCUT2D eigenvalue weighted by atomic mass is 10.1. The van der Waals surface area contributed by atoms with Gasteiger partial charge in [0.05, 0.1) is 5.56 Å². The highest BCUT2D eigenvalue weighted by molar-refractivity contribution is 6.02. The second kappa shape index (κ2) is 7.06. The molecule has 1 aliphatic heterocycles. The molecule has 1 saturated heterocycles. The summed E-state index contributed by atoms with van der Waals surface area (Å²) in [5.41, 5.74) is 1.16. The van der Waals surface area contributed by atoms with Crippen LogP contribution < -0.4 is 4.90 Å². The molecule has 0 aromatic heterocycles. The molecule has 2 aromatic carbocycles. The van der Waals surface area contributed by atoms with Gasteiger partial charge in [0.15, 0.2) is 0 Å². The SMILES string of the molecule is Cc1ccc(N2C[C@H](C)N(C(=O)c3ccc(C(F)(F)F)cc3)CC2=O)cc1. The van der Waals surface area contributed by atoms with E-state index >= 15 is 0 Å². The lowest BCUT2D eigenvalue weighted by Gasteiger charge is -2.39. The van der Waals surface area contributed by atoms with Crippen LogP contribution in [-0.4, -0.2) is 35.8 Å². The summed E-state index contributed by atoms with van der Waals surface area (Å²) in [6.45, 7) is 3.98. The Morgan fingerprint density at radius 2 is 1.63 bits per heavy atom. The molecular weight excluding hydrogens is 357 g/mol. The number of hydrogen-bond acceptors (Lipinski definition) is 2. The fraction of sp³-hybridized carbons (Fsp3) is 0.300. The van der Waals surface area contributed by atoms with Crippen molar-refractivity contribution >= 4 is 17.5 Å². The molecule has 2 aromatic rings. The third-order valence-corrected chi connectivity index (χ3v) is 4.65. The Morgan fingerprint density at radius 1 is 1.04 bits per heavy atom. The van der Waals surface area contributed by atoms with E-state index in [1.807, 2.05) is 38.1 Å². The summed E-state index contributed by atoms with van der Waals surface area (Å²) in [6, 6.07) is 11.3. The number of aryl methyl sites for hydroxylation is 1. The molecule has 0 spiro atoms. The van der Waals surface area contributed by atoms with Gasteiger partial charge in [-0.1, -0.05) is 17.7 Å². The van der Waals surface area contributed by atoms with Crippen molar-refractivity contribution in [1.29, 1.82) is 0 Å². The van der Waals surface area contributed by atoms with Crippen LogP contribution in [0.5, 0.6) is 0 Å². The van der Waals surface area contributed by atoms with Crippen LogP contribution in [0.4, 0.5) is 18.9 Å².